The minimum atomic E-state index is 0.166. The van der Waals surface area contributed by atoms with Crippen molar-refractivity contribution in [2.24, 2.45) is 5.73 Å². The molecule has 0 spiro atoms. The number of benzene rings is 2. The monoisotopic (exact) mass is 670 g/mol. The fourth-order valence-corrected chi connectivity index (χ4v) is 6.27. The number of nitrogens with two attached hydrogens (primary N) is 1. The van der Waals surface area contributed by atoms with Crippen molar-refractivity contribution in [3.05, 3.63) is 82.3 Å². The van der Waals surface area contributed by atoms with Crippen molar-refractivity contribution in [3.8, 4) is 23.6 Å². The van der Waals surface area contributed by atoms with Crippen molar-refractivity contribution in [2.75, 3.05) is 81.3 Å². The highest BCUT2D eigenvalue weighted by molar-refractivity contribution is 7.80. The molecule has 0 atom stereocenters. The van der Waals surface area contributed by atoms with Gasteiger partial charge in [0.1, 0.15) is 44.4 Å². The second-order valence-electron chi connectivity index (χ2n) is 11.2. The second kappa shape index (κ2) is 17.2. The summed E-state index contributed by atoms with van der Waals surface area (Å²) >= 11 is 10.2. The molecule has 3 aromatic rings. The first-order valence-electron chi connectivity index (χ1n) is 15.6. The van der Waals surface area contributed by atoms with Crippen LogP contribution in [0, 0.1) is 27.3 Å². The van der Waals surface area contributed by atoms with Crippen LogP contribution in [0.25, 0.3) is 0 Å². The summed E-state index contributed by atoms with van der Waals surface area (Å²) in [5.74, 6) is 1.73. The molecule has 0 unspecified atom stereocenters. The second-order valence-corrected chi connectivity index (χ2v) is 12.0. The Labute approximate surface area is 288 Å². The molecule has 47 heavy (non-hydrogen) atoms. The average Bonchev–Trinajstić information content (AvgIpc) is 3.50. The molecule has 2 fully saturated rings. The Balaban J connectivity index is 0.000000213. The van der Waals surface area contributed by atoms with Gasteiger partial charge in [-0.25, -0.2) is 0 Å². The SMILES string of the molecule is COc1cccc(N2CCCN(/C(C)=C(/C#N)C(N)=S)CC2)c1.COc1cccc(N2CCCN(c3cc[nH]c(=S)c3C#N)CC2)c1. The van der Waals surface area contributed by atoms with Crippen LogP contribution >= 0.6 is 24.4 Å². The van der Waals surface area contributed by atoms with Crippen LogP contribution in [0.1, 0.15) is 25.3 Å². The highest BCUT2D eigenvalue weighted by Crippen LogP contribution is 2.26. The van der Waals surface area contributed by atoms with Gasteiger partial charge in [0.15, 0.2) is 0 Å². The van der Waals surface area contributed by atoms with Crippen LogP contribution in [0.15, 0.2) is 72.1 Å². The van der Waals surface area contributed by atoms with E-state index >= 15 is 0 Å². The normalized spacial score (nSPS) is 15.5. The number of nitrogens with zero attached hydrogens (tertiary/aromatic N) is 6. The number of hydrogen-bond acceptors (Lipinski definition) is 10. The van der Waals surface area contributed by atoms with Crippen molar-refractivity contribution < 1.29 is 9.47 Å². The van der Waals surface area contributed by atoms with E-state index < -0.39 is 0 Å². The van der Waals surface area contributed by atoms with Gasteiger partial charge in [-0.3, -0.25) is 0 Å². The predicted octanol–water partition coefficient (Wildman–Crippen LogP) is 5.63. The van der Waals surface area contributed by atoms with E-state index in [1.54, 1.807) is 14.2 Å². The smallest absolute Gasteiger partial charge is 0.123 e. The summed E-state index contributed by atoms with van der Waals surface area (Å²) in [7, 11) is 3.36. The fourth-order valence-electron chi connectivity index (χ4n) is 5.85. The summed E-state index contributed by atoms with van der Waals surface area (Å²) in [6, 6.07) is 22.5. The number of pyridine rings is 1. The first-order chi connectivity index (χ1) is 22.8. The van der Waals surface area contributed by atoms with Crippen LogP contribution in [0.5, 0.6) is 11.5 Å². The Kier molecular flexibility index (Phi) is 12.9. The molecule has 12 heteroatoms. The molecule has 0 bridgehead atoms. The molecule has 3 N–H and O–H groups in total. The summed E-state index contributed by atoms with van der Waals surface area (Å²) in [5, 5.41) is 18.6. The number of H-pyrrole nitrogens is 1. The molecule has 2 aromatic carbocycles. The van der Waals surface area contributed by atoms with Gasteiger partial charge in [-0.15, -0.1) is 0 Å². The standard InChI is InChI=1S/C18H20N4OS.C17H22N4OS/c1-23-15-5-2-4-14(12-15)21-8-3-9-22(11-10-21)17-6-7-20-18(24)16(17)13-19;1-13(16(12-18)17(19)23)20-7-4-8-21(10-9-20)14-5-3-6-15(11-14)22-2/h2,4-7,12H,3,8-11H2,1H3,(H,20,24);3,5-6,11H,4,7-10H2,1-2H3,(H2,19,23)/b;16-13-. The van der Waals surface area contributed by atoms with Crippen molar-refractivity contribution >= 4 is 46.5 Å². The number of aromatic nitrogens is 1. The lowest BCUT2D eigenvalue weighted by Gasteiger charge is -2.26. The molecule has 0 aliphatic carbocycles. The molecule has 246 valence electrons. The number of methoxy groups -OCH3 is 2. The Morgan fingerprint density at radius 1 is 0.809 bits per heavy atom. The number of nitrogens with one attached hydrogen (secondary N) is 1. The largest absolute Gasteiger partial charge is 0.497 e. The molecule has 2 aliphatic rings. The summed E-state index contributed by atoms with van der Waals surface area (Å²) in [4.78, 5) is 12.2. The van der Waals surface area contributed by atoms with Crippen LogP contribution in [-0.4, -0.2) is 81.5 Å². The van der Waals surface area contributed by atoms with Crippen LogP contribution in [0.2, 0.25) is 0 Å². The quantitative estimate of drug-likeness (QED) is 0.185. The van der Waals surface area contributed by atoms with Crippen molar-refractivity contribution in [3.63, 3.8) is 0 Å². The summed E-state index contributed by atoms with van der Waals surface area (Å²) in [6.45, 7) is 9.11. The van der Waals surface area contributed by atoms with Crippen LogP contribution in [0.3, 0.4) is 0 Å². The number of allylic oxidation sites excluding steroid dienone is 1. The first-order valence-corrected chi connectivity index (χ1v) is 16.4. The molecule has 2 aliphatic heterocycles. The number of rotatable bonds is 7. The Morgan fingerprint density at radius 3 is 1.91 bits per heavy atom. The van der Waals surface area contributed by atoms with Gasteiger partial charge >= 0.3 is 0 Å². The van der Waals surface area contributed by atoms with Gasteiger partial charge in [-0.1, -0.05) is 36.6 Å². The lowest BCUT2D eigenvalue weighted by atomic mass is 10.2. The maximum absolute atomic E-state index is 9.40. The zero-order chi connectivity index (χ0) is 33.8. The molecule has 2 saturated heterocycles. The molecule has 0 saturated carbocycles. The highest BCUT2D eigenvalue weighted by atomic mass is 32.1. The Hall–Kier alpha value is -4.78. The Bertz CT molecular complexity index is 1710. The number of anilines is 3. The van der Waals surface area contributed by atoms with Crippen molar-refractivity contribution in [1.29, 1.82) is 10.5 Å². The minimum absolute atomic E-state index is 0.166. The lowest BCUT2D eigenvalue weighted by Crippen LogP contribution is -2.31. The van der Waals surface area contributed by atoms with E-state index in [0.29, 0.717) is 15.8 Å². The van der Waals surface area contributed by atoms with Crippen LogP contribution in [0.4, 0.5) is 17.1 Å². The molecule has 5 rings (SSSR count). The van der Waals surface area contributed by atoms with Crippen LogP contribution in [-0.2, 0) is 0 Å². The number of nitriles is 2. The number of thiocarbonyl (C=S) groups is 1. The zero-order valence-corrected chi connectivity index (χ0v) is 28.9. The molecule has 0 amide bonds. The lowest BCUT2D eigenvalue weighted by molar-refractivity contribution is 0.369. The van der Waals surface area contributed by atoms with Crippen molar-refractivity contribution in [2.45, 2.75) is 19.8 Å². The highest BCUT2D eigenvalue weighted by Gasteiger charge is 2.20. The maximum atomic E-state index is 9.40. The van der Waals surface area contributed by atoms with Gasteiger partial charge < -0.3 is 39.8 Å². The van der Waals surface area contributed by atoms with Crippen molar-refractivity contribution in [1.82, 2.24) is 9.88 Å². The van der Waals surface area contributed by atoms with Gasteiger partial charge in [0.05, 0.1) is 19.9 Å². The number of hydrogen-bond donors (Lipinski definition) is 2. The Morgan fingerprint density at radius 2 is 1.36 bits per heavy atom. The maximum Gasteiger partial charge on any atom is 0.123 e. The first kappa shape index (κ1) is 35.1. The van der Waals surface area contributed by atoms with Gasteiger partial charge in [0.2, 0.25) is 0 Å². The van der Waals surface area contributed by atoms with E-state index in [9.17, 15) is 10.5 Å². The van der Waals surface area contributed by atoms with Crippen LogP contribution < -0.4 is 29.9 Å². The number of ether oxygens (including phenoxy) is 2. The van der Waals surface area contributed by atoms with Gasteiger partial charge in [0, 0.05) is 87.8 Å². The molecule has 0 radical (unpaired) electrons. The molecule has 3 heterocycles. The topological polar surface area (TPSA) is 121 Å². The summed E-state index contributed by atoms with van der Waals surface area (Å²) in [5.41, 5.74) is 10.7. The van der Waals surface area contributed by atoms with E-state index in [4.69, 9.17) is 39.6 Å². The summed E-state index contributed by atoms with van der Waals surface area (Å²) in [6.07, 6.45) is 3.83. The van der Waals surface area contributed by atoms with E-state index in [-0.39, 0.29) is 4.99 Å². The molecular formula is C35H42N8O2S2. The zero-order valence-electron chi connectivity index (χ0n) is 27.2. The van der Waals surface area contributed by atoms with E-state index in [2.05, 4.69) is 54.9 Å². The van der Waals surface area contributed by atoms with Gasteiger partial charge in [-0.2, -0.15) is 10.5 Å². The average molecular weight is 671 g/mol. The summed E-state index contributed by atoms with van der Waals surface area (Å²) < 4.78 is 11.1. The third kappa shape index (κ3) is 9.16. The molecular weight excluding hydrogens is 629 g/mol. The van der Waals surface area contributed by atoms with E-state index in [0.717, 1.165) is 93.8 Å². The van der Waals surface area contributed by atoms with Gasteiger partial charge in [-0.05, 0) is 50.1 Å². The fraction of sp³-hybridized carbons (Fsp3) is 0.371. The van der Waals surface area contributed by atoms with Gasteiger partial charge in [0.25, 0.3) is 0 Å². The van der Waals surface area contributed by atoms with E-state index in [1.165, 1.54) is 5.69 Å². The third-order valence-corrected chi connectivity index (χ3v) is 8.94. The predicted molar refractivity (Wildman–Crippen MR) is 195 cm³/mol. The van der Waals surface area contributed by atoms with E-state index in [1.807, 2.05) is 49.5 Å². The third-order valence-electron chi connectivity index (χ3n) is 8.41. The molecule has 10 nitrogen and oxygen atoms in total. The molecule has 1 aromatic heterocycles. The number of aromatic amines is 1. The minimum Gasteiger partial charge on any atom is -0.497 e.